The van der Waals surface area contributed by atoms with Crippen LogP contribution in [0.4, 0.5) is 5.69 Å². The molecule has 0 spiro atoms. The predicted molar refractivity (Wildman–Crippen MR) is 86.7 cm³/mol. The molecular weight excluding hydrogens is 282 g/mol. The van der Waals surface area contributed by atoms with E-state index in [0.717, 1.165) is 16.8 Å². The Balaban J connectivity index is 2.59. The van der Waals surface area contributed by atoms with Crippen LogP contribution in [0.15, 0.2) is 18.2 Å². The van der Waals surface area contributed by atoms with Gasteiger partial charge in [0.25, 0.3) is 0 Å². The van der Waals surface area contributed by atoms with E-state index in [2.05, 4.69) is 5.32 Å². The largest absolute Gasteiger partial charge is 0.380 e. The summed E-state index contributed by atoms with van der Waals surface area (Å²) in [6, 6.07) is 5.80. The van der Waals surface area contributed by atoms with Gasteiger partial charge in [-0.25, -0.2) is 0 Å². The number of rotatable bonds is 7. The van der Waals surface area contributed by atoms with E-state index < -0.39 is 0 Å². The zero-order valence-corrected chi connectivity index (χ0v) is 13.7. The highest BCUT2D eigenvalue weighted by molar-refractivity contribution is 5.95. The number of aryl methyl sites for hydroxylation is 2. The summed E-state index contributed by atoms with van der Waals surface area (Å²) < 4.78 is 5.08. The van der Waals surface area contributed by atoms with Gasteiger partial charge in [-0.05, 0) is 25.0 Å². The normalized spacial score (nSPS) is 11.9. The molecule has 0 saturated heterocycles. The lowest BCUT2D eigenvalue weighted by molar-refractivity contribution is -0.135. The lowest BCUT2D eigenvalue weighted by Crippen LogP contribution is -2.38. The SMILES string of the molecule is COC(CN)CC(=O)N(C)CC(=O)Nc1c(C)cccc1C. The van der Waals surface area contributed by atoms with Gasteiger partial charge in [-0.1, -0.05) is 18.2 Å². The molecule has 1 aromatic carbocycles. The van der Waals surface area contributed by atoms with Crippen LogP contribution < -0.4 is 11.1 Å². The second-order valence-electron chi connectivity index (χ2n) is 5.36. The predicted octanol–water partition coefficient (Wildman–Crippen LogP) is 1.06. The summed E-state index contributed by atoms with van der Waals surface area (Å²) in [6.07, 6.45) is -0.156. The molecule has 22 heavy (non-hydrogen) atoms. The second kappa shape index (κ2) is 8.51. The summed E-state index contributed by atoms with van der Waals surface area (Å²) in [6.45, 7) is 4.13. The maximum atomic E-state index is 12.1. The number of carbonyl (C=O) groups is 2. The third-order valence-corrected chi connectivity index (χ3v) is 3.55. The first kappa shape index (κ1) is 18.1. The first-order chi connectivity index (χ1) is 10.4. The number of anilines is 1. The van der Waals surface area contributed by atoms with Gasteiger partial charge < -0.3 is 20.7 Å². The number of carbonyl (C=O) groups excluding carboxylic acids is 2. The molecule has 0 saturated carbocycles. The fraction of sp³-hybridized carbons (Fsp3) is 0.500. The molecule has 0 aromatic heterocycles. The van der Waals surface area contributed by atoms with Crippen LogP contribution in [0.3, 0.4) is 0 Å². The van der Waals surface area contributed by atoms with E-state index in [1.807, 2.05) is 32.0 Å². The fourth-order valence-electron chi connectivity index (χ4n) is 2.11. The van der Waals surface area contributed by atoms with Crippen molar-refractivity contribution in [3.05, 3.63) is 29.3 Å². The number of methoxy groups -OCH3 is 1. The van der Waals surface area contributed by atoms with Crippen molar-refractivity contribution in [1.82, 2.24) is 4.90 Å². The van der Waals surface area contributed by atoms with Crippen molar-refractivity contribution in [2.24, 2.45) is 5.73 Å². The number of likely N-dealkylation sites (N-methyl/N-ethyl adjacent to an activating group) is 1. The van der Waals surface area contributed by atoms with Crippen LogP contribution in [-0.2, 0) is 14.3 Å². The quantitative estimate of drug-likeness (QED) is 0.789. The zero-order chi connectivity index (χ0) is 16.7. The van der Waals surface area contributed by atoms with Crippen LogP contribution in [-0.4, -0.2) is 50.1 Å². The number of nitrogens with one attached hydrogen (secondary N) is 1. The summed E-state index contributed by atoms with van der Waals surface area (Å²) in [7, 11) is 3.11. The molecule has 1 aromatic rings. The summed E-state index contributed by atoms with van der Waals surface area (Å²) >= 11 is 0. The molecule has 122 valence electrons. The highest BCUT2D eigenvalue weighted by Crippen LogP contribution is 2.19. The van der Waals surface area contributed by atoms with Crippen molar-refractivity contribution in [3.8, 4) is 0 Å². The molecule has 6 heteroatoms. The van der Waals surface area contributed by atoms with E-state index in [4.69, 9.17) is 10.5 Å². The standard InChI is InChI=1S/C16H25N3O3/c1-11-6-5-7-12(2)16(11)18-14(20)10-19(3)15(21)8-13(9-17)22-4/h5-7,13H,8-10,17H2,1-4H3,(H,18,20). The second-order valence-corrected chi connectivity index (χ2v) is 5.36. The molecule has 0 aliphatic carbocycles. The van der Waals surface area contributed by atoms with Crippen molar-refractivity contribution >= 4 is 17.5 Å². The third-order valence-electron chi connectivity index (χ3n) is 3.55. The van der Waals surface area contributed by atoms with E-state index in [9.17, 15) is 9.59 Å². The van der Waals surface area contributed by atoms with Gasteiger partial charge in [-0.3, -0.25) is 9.59 Å². The number of hydrogen-bond acceptors (Lipinski definition) is 4. The Morgan fingerprint density at radius 2 is 1.91 bits per heavy atom. The van der Waals surface area contributed by atoms with E-state index >= 15 is 0 Å². The van der Waals surface area contributed by atoms with Crippen LogP contribution in [0, 0.1) is 13.8 Å². The molecule has 2 amide bonds. The summed E-state index contributed by atoms with van der Waals surface area (Å²) in [4.78, 5) is 25.5. The van der Waals surface area contributed by atoms with Crippen LogP contribution in [0.1, 0.15) is 17.5 Å². The smallest absolute Gasteiger partial charge is 0.243 e. The Labute approximate surface area is 131 Å². The highest BCUT2D eigenvalue weighted by Gasteiger charge is 2.18. The van der Waals surface area contributed by atoms with Crippen LogP contribution in [0.25, 0.3) is 0 Å². The van der Waals surface area contributed by atoms with Gasteiger partial charge in [-0.2, -0.15) is 0 Å². The van der Waals surface area contributed by atoms with Crippen LogP contribution >= 0.6 is 0 Å². The maximum absolute atomic E-state index is 12.1. The number of hydrogen-bond donors (Lipinski definition) is 2. The molecule has 0 heterocycles. The summed E-state index contributed by atoms with van der Waals surface area (Å²) in [5.74, 6) is -0.399. The van der Waals surface area contributed by atoms with Gasteiger partial charge in [-0.15, -0.1) is 0 Å². The number of nitrogens with two attached hydrogens (primary N) is 1. The number of amides is 2. The summed E-state index contributed by atoms with van der Waals surface area (Å²) in [5, 5.41) is 2.86. The number of para-hydroxylation sites is 1. The minimum absolute atomic E-state index is 0.00634. The fourth-order valence-corrected chi connectivity index (χ4v) is 2.11. The number of nitrogens with zero attached hydrogens (tertiary/aromatic N) is 1. The molecule has 0 fully saturated rings. The Bertz CT molecular complexity index is 507. The monoisotopic (exact) mass is 307 g/mol. The van der Waals surface area contributed by atoms with Gasteiger partial charge in [0, 0.05) is 26.4 Å². The van der Waals surface area contributed by atoms with Crippen molar-refractivity contribution in [2.75, 3.05) is 32.6 Å². The first-order valence-corrected chi connectivity index (χ1v) is 7.22. The summed E-state index contributed by atoms with van der Waals surface area (Å²) in [5.41, 5.74) is 8.27. The molecule has 0 aliphatic rings. The molecule has 1 rings (SSSR count). The van der Waals surface area contributed by atoms with Crippen molar-refractivity contribution < 1.29 is 14.3 Å². The molecule has 0 radical (unpaired) electrons. The van der Waals surface area contributed by atoms with Crippen LogP contribution in [0.2, 0.25) is 0 Å². The van der Waals surface area contributed by atoms with E-state index in [-0.39, 0.29) is 37.4 Å². The average Bonchev–Trinajstić information content (AvgIpc) is 2.48. The maximum Gasteiger partial charge on any atom is 0.243 e. The molecular formula is C16H25N3O3. The first-order valence-electron chi connectivity index (χ1n) is 7.22. The molecule has 1 atom stereocenters. The lowest BCUT2D eigenvalue weighted by Gasteiger charge is -2.20. The van der Waals surface area contributed by atoms with Gasteiger partial charge >= 0.3 is 0 Å². The van der Waals surface area contributed by atoms with Crippen molar-refractivity contribution in [3.63, 3.8) is 0 Å². The van der Waals surface area contributed by atoms with Gasteiger partial charge in [0.05, 0.1) is 19.1 Å². The van der Waals surface area contributed by atoms with Gasteiger partial charge in [0.2, 0.25) is 11.8 Å². The minimum Gasteiger partial charge on any atom is -0.380 e. The van der Waals surface area contributed by atoms with E-state index in [1.54, 1.807) is 7.05 Å². The Kier molecular flexibility index (Phi) is 7.01. The molecule has 0 aliphatic heterocycles. The Morgan fingerprint density at radius 1 is 1.32 bits per heavy atom. The molecule has 3 N–H and O–H groups in total. The number of ether oxygens (including phenoxy) is 1. The van der Waals surface area contributed by atoms with Crippen LogP contribution in [0.5, 0.6) is 0 Å². The van der Waals surface area contributed by atoms with Crippen molar-refractivity contribution in [1.29, 1.82) is 0 Å². The van der Waals surface area contributed by atoms with Crippen molar-refractivity contribution in [2.45, 2.75) is 26.4 Å². The van der Waals surface area contributed by atoms with E-state index in [0.29, 0.717) is 0 Å². The Morgan fingerprint density at radius 3 is 2.41 bits per heavy atom. The Hall–Kier alpha value is -1.92. The molecule has 0 bridgehead atoms. The average molecular weight is 307 g/mol. The van der Waals surface area contributed by atoms with E-state index in [1.165, 1.54) is 12.0 Å². The van der Waals surface area contributed by atoms with Gasteiger partial charge in [0.1, 0.15) is 0 Å². The third kappa shape index (κ3) is 5.13. The topological polar surface area (TPSA) is 84.7 Å². The minimum atomic E-state index is -0.323. The van der Waals surface area contributed by atoms with Gasteiger partial charge in [0.15, 0.2) is 0 Å². The lowest BCUT2D eigenvalue weighted by atomic mass is 10.1. The molecule has 1 unspecified atom stereocenters. The highest BCUT2D eigenvalue weighted by atomic mass is 16.5. The zero-order valence-electron chi connectivity index (χ0n) is 13.7. The molecule has 6 nitrogen and oxygen atoms in total. The number of benzene rings is 1.